The molecule has 0 spiro atoms. The van der Waals surface area contributed by atoms with Crippen LogP contribution in [0.15, 0.2) is 18.2 Å². The lowest BCUT2D eigenvalue weighted by Gasteiger charge is -2.16. The Kier molecular flexibility index (Phi) is 4.49. The van der Waals surface area contributed by atoms with Crippen molar-refractivity contribution in [1.82, 2.24) is 0 Å². The highest BCUT2D eigenvalue weighted by molar-refractivity contribution is 5.96. The first-order valence-electron chi connectivity index (χ1n) is 6.01. The smallest absolute Gasteiger partial charge is 0.163 e. The molecule has 0 saturated carbocycles. The van der Waals surface area contributed by atoms with E-state index in [1.165, 1.54) is 6.92 Å². The Hall–Kier alpha value is -1.82. The van der Waals surface area contributed by atoms with E-state index < -0.39 is 5.41 Å². The summed E-state index contributed by atoms with van der Waals surface area (Å²) in [6.07, 6.45) is 0.634. The van der Waals surface area contributed by atoms with Crippen molar-refractivity contribution < 1.29 is 9.53 Å². The van der Waals surface area contributed by atoms with E-state index in [2.05, 4.69) is 6.07 Å². The average molecular weight is 245 g/mol. The van der Waals surface area contributed by atoms with Crippen molar-refractivity contribution in [3.63, 3.8) is 0 Å². The Labute approximate surface area is 108 Å². The van der Waals surface area contributed by atoms with E-state index in [0.717, 1.165) is 5.56 Å². The number of carbonyl (C=O) groups is 1. The summed E-state index contributed by atoms with van der Waals surface area (Å²) in [6, 6.07) is 7.76. The van der Waals surface area contributed by atoms with Gasteiger partial charge in [0.15, 0.2) is 5.78 Å². The molecule has 3 heteroatoms. The van der Waals surface area contributed by atoms with Gasteiger partial charge in [-0.25, -0.2) is 0 Å². The van der Waals surface area contributed by atoms with Crippen molar-refractivity contribution in [2.45, 2.75) is 34.1 Å². The van der Waals surface area contributed by atoms with Crippen molar-refractivity contribution >= 4 is 5.78 Å². The predicted molar refractivity (Wildman–Crippen MR) is 70.7 cm³/mol. The van der Waals surface area contributed by atoms with Gasteiger partial charge in [-0.1, -0.05) is 6.07 Å². The fraction of sp³-hybridized carbons (Fsp3) is 0.467. The van der Waals surface area contributed by atoms with E-state index in [1.54, 1.807) is 6.07 Å². The second-order valence-electron chi connectivity index (χ2n) is 5.15. The van der Waals surface area contributed by atoms with Crippen molar-refractivity contribution in [1.29, 1.82) is 5.26 Å². The number of Topliss-reactive ketones (excluding diaryl/α,β-unsaturated/α-hetero) is 1. The summed E-state index contributed by atoms with van der Waals surface area (Å²) in [5.74, 6) is 0.598. The normalized spacial score (nSPS) is 10.8. The van der Waals surface area contributed by atoms with Gasteiger partial charge in [-0.2, -0.15) is 5.26 Å². The zero-order valence-corrected chi connectivity index (χ0v) is 11.4. The molecule has 0 fully saturated rings. The average Bonchev–Trinajstić information content (AvgIpc) is 2.28. The van der Waals surface area contributed by atoms with Gasteiger partial charge in [0.05, 0.1) is 23.7 Å². The molecule has 0 aliphatic heterocycles. The van der Waals surface area contributed by atoms with Crippen LogP contribution in [0, 0.1) is 23.7 Å². The first-order chi connectivity index (χ1) is 8.35. The SMILES string of the molecule is CC(=O)c1ccc(C)cc1OCCC(C)(C)C#N. The molecule has 0 N–H and O–H groups in total. The fourth-order valence-corrected chi connectivity index (χ4v) is 1.51. The van der Waals surface area contributed by atoms with Gasteiger partial charge in [0.2, 0.25) is 0 Å². The van der Waals surface area contributed by atoms with Crippen molar-refractivity contribution in [2.24, 2.45) is 5.41 Å². The molecule has 0 heterocycles. The van der Waals surface area contributed by atoms with Crippen LogP contribution in [-0.2, 0) is 0 Å². The van der Waals surface area contributed by atoms with Crippen LogP contribution >= 0.6 is 0 Å². The van der Waals surface area contributed by atoms with Gasteiger partial charge in [-0.05, 0) is 51.8 Å². The van der Waals surface area contributed by atoms with Gasteiger partial charge >= 0.3 is 0 Å². The Bertz CT molecular complexity index is 484. The number of hydrogen-bond donors (Lipinski definition) is 0. The molecule has 0 saturated heterocycles. The molecule has 0 aliphatic carbocycles. The number of nitriles is 1. The highest BCUT2D eigenvalue weighted by Crippen LogP contribution is 2.23. The minimum Gasteiger partial charge on any atom is -0.493 e. The van der Waals surface area contributed by atoms with Crippen LogP contribution in [0.2, 0.25) is 0 Å². The number of hydrogen-bond acceptors (Lipinski definition) is 3. The zero-order valence-electron chi connectivity index (χ0n) is 11.4. The van der Waals surface area contributed by atoms with Crippen LogP contribution in [0.5, 0.6) is 5.75 Å². The van der Waals surface area contributed by atoms with E-state index in [1.807, 2.05) is 32.9 Å². The molecule has 18 heavy (non-hydrogen) atoms. The summed E-state index contributed by atoms with van der Waals surface area (Å²) in [7, 11) is 0. The number of ketones is 1. The van der Waals surface area contributed by atoms with Crippen LogP contribution in [0.4, 0.5) is 0 Å². The summed E-state index contributed by atoms with van der Waals surface area (Å²) in [4.78, 5) is 11.5. The van der Waals surface area contributed by atoms with E-state index in [-0.39, 0.29) is 5.78 Å². The second-order valence-corrected chi connectivity index (χ2v) is 5.15. The maximum absolute atomic E-state index is 11.5. The van der Waals surface area contributed by atoms with Gasteiger partial charge in [-0.15, -0.1) is 0 Å². The monoisotopic (exact) mass is 245 g/mol. The standard InChI is InChI=1S/C15H19NO2/c1-11-5-6-13(12(2)17)14(9-11)18-8-7-15(3,4)10-16/h5-6,9H,7-8H2,1-4H3. The third-order valence-electron chi connectivity index (χ3n) is 2.80. The molecule has 96 valence electrons. The topological polar surface area (TPSA) is 50.1 Å². The summed E-state index contributed by atoms with van der Waals surface area (Å²) in [5.41, 5.74) is 1.24. The lowest BCUT2D eigenvalue weighted by Crippen LogP contribution is -2.14. The van der Waals surface area contributed by atoms with Crippen LogP contribution in [-0.4, -0.2) is 12.4 Å². The number of benzene rings is 1. The molecular weight excluding hydrogens is 226 g/mol. The van der Waals surface area contributed by atoms with Gasteiger partial charge in [0, 0.05) is 0 Å². The summed E-state index contributed by atoms with van der Waals surface area (Å²) < 4.78 is 5.65. The molecule has 0 radical (unpaired) electrons. The molecule has 0 amide bonds. The third-order valence-corrected chi connectivity index (χ3v) is 2.80. The quantitative estimate of drug-likeness (QED) is 0.746. The molecule has 0 aliphatic rings. The summed E-state index contributed by atoms with van der Waals surface area (Å²) in [5, 5.41) is 8.92. The van der Waals surface area contributed by atoms with Crippen molar-refractivity contribution in [3.05, 3.63) is 29.3 Å². The van der Waals surface area contributed by atoms with Gasteiger partial charge in [0.1, 0.15) is 5.75 Å². The minimum atomic E-state index is -0.403. The highest BCUT2D eigenvalue weighted by atomic mass is 16.5. The van der Waals surface area contributed by atoms with Gasteiger partial charge in [0.25, 0.3) is 0 Å². The molecule has 1 rings (SSSR count). The summed E-state index contributed by atoms with van der Waals surface area (Å²) >= 11 is 0. The highest BCUT2D eigenvalue weighted by Gasteiger charge is 2.17. The number of ether oxygens (including phenoxy) is 1. The van der Waals surface area contributed by atoms with E-state index >= 15 is 0 Å². The molecule has 1 aromatic rings. The molecule has 0 atom stereocenters. The predicted octanol–water partition coefficient (Wildman–Crippen LogP) is 3.52. The van der Waals surface area contributed by atoms with E-state index in [4.69, 9.17) is 10.00 Å². The van der Waals surface area contributed by atoms with Crippen molar-refractivity contribution in [3.8, 4) is 11.8 Å². The molecular formula is C15H19NO2. The lowest BCUT2D eigenvalue weighted by molar-refractivity contribution is 0.101. The number of aryl methyl sites for hydroxylation is 1. The first kappa shape index (κ1) is 14.2. The van der Waals surface area contributed by atoms with Gasteiger partial charge < -0.3 is 4.74 Å². The molecule has 1 aromatic carbocycles. The molecule has 0 aromatic heterocycles. The Morgan fingerprint density at radius 3 is 2.67 bits per heavy atom. The van der Waals surface area contributed by atoms with E-state index in [0.29, 0.717) is 24.3 Å². The van der Waals surface area contributed by atoms with Crippen LogP contribution < -0.4 is 4.74 Å². The Balaban J connectivity index is 2.76. The first-order valence-corrected chi connectivity index (χ1v) is 6.01. The van der Waals surface area contributed by atoms with Crippen LogP contribution in [0.3, 0.4) is 0 Å². The summed E-state index contributed by atoms with van der Waals surface area (Å²) in [6.45, 7) is 7.66. The maximum Gasteiger partial charge on any atom is 0.163 e. The largest absolute Gasteiger partial charge is 0.493 e. The fourth-order valence-electron chi connectivity index (χ4n) is 1.51. The second kappa shape index (κ2) is 5.68. The number of rotatable bonds is 5. The van der Waals surface area contributed by atoms with Crippen molar-refractivity contribution in [2.75, 3.05) is 6.61 Å². The molecule has 0 bridgehead atoms. The number of nitrogens with zero attached hydrogens (tertiary/aromatic N) is 1. The maximum atomic E-state index is 11.5. The molecule has 3 nitrogen and oxygen atoms in total. The minimum absolute atomic E-state index is 0.00968. The molecule has 0 unspecified atom stereocenters. The Morgan fingerprint density at radius 2 is 2.11 bits per heavy atom. The van der Waals surface area contributed by atoms with E-state index in [9.17, 15) is 4.79 Å². The lowest BCUT2D eigenvalue weighted by atomic mass is 9.92. The third kappa shape index (κ3) is 3.89. The van der Waals surface area contributed by atoms with Crippen LogP contribution in [0.1, 0.15) is 43.1 Å². The zero-order chi connectivity index (χ0) is 13.8. The Morgan fingerprint density at radius 1 is 1.44 bits per heavy atom. The number of carbonyl (C=O) groups excluding carboxylic acids is 1. The van der Waals surface area contributed by atoms with Gasteiger partial charge in [-0.3, -0.25) is 4.79 Å². The van der Waals surface area contributed by atoms with Crippen LogP contribution in [0.25, 0.3) is 0 Å².